The van der Waals surface area contributed by atoms with E-state index >= 15 is 0 Å². The predicted octanol–water partition coefficient (Wildman–Crippen LogP) is 0.864. The average molecular weight is 242 g/mol. The number of ether oxygens (including phenoxy) is 2. The van der Waals surface area contributed by atoms with E-state index in [1.54, 1.807) is 0 Å². The fraction of sp³-hybridized carbons (Fsp3) is 1.00. The van der Waals surface area contributed by atoms with Crippen LogP contribution in [0.4, 0.5) is 0 Å². The van der Waals surface area contributed by atoms with E-state index in [0.29, 0.717) is 18.2 Å². The molecule has 0 saturated carbocycles. The van der Waals surface area contributed by atoms with Gasteiger partial charge in [-0.3, -0.25) is 4.90 Å². The molecule has 0 aromatic rings. The Morgan fingerprint density at radius 3 is 2.94 bits per heavy atom. The molecular weight excluding hydrogens is 216 g/mol. The molecule has 0 radical (unpaired) electrons. The van der Waals surface area contributed by atoms with Crippen molar-refractivity contribution in [3.8, 4) is 0 Å². The third-order valence-corrected chi connectivity index (χ3v) is 3.57. The molecule has 2 unspecified atom stereocenters. The van der Waals surface area contributed by atoms with Gasteiger partial charge in [-0.05, 0) is 12.8 Å². The lowest BCUT2D eigenvalue weighted by atomic mass is 10.1. The number of morpholine rings is 1. The third-order valence-electron chi connectivity index (χ3n) is 3.57. The molecule has 2 saturated heterocycles. The smallest absolute Gasteiger partial charge is 0.0703 e. The van der Waals surface area contributed by atoms with E-state index in [0.717, 1.165) is 39.5 Å². The largest absolute Gasteiger partial charge is 0.378 e. The van der Waals surface area contributed by atoms with Crippen molar-refractivity contribution in [2.45, 2.75) is 44.9 Å². The van der Waals surface area contributed by atoms with Crippen LogP contribution in [-0.4, -0.2) is 62.5 Å². The van der Waals surface area contributed by atoms with E-state index in [1.165, 1.54) is 12.8 Å². The second kappa shape index (κ2) is 6.69. The maximum absolute atomic E-state index is 5.73. The van der Waals surface area contributed by atoms with Crippen LogP contribution in [0.15, 0.2) is 0 Å². The molecule has 2 rings (SSSR count). The first kappa shape index (κ1) is 13.3. The van der Waals surface area contributed by atoms with Crippen LogP contribution >= 0.6 is 0 Å². The van der Waals surface area contributed by atoms with Crippen molar-refractivity contribution in [2.24, 2.45) is 0 Å². The van der Waals surface area contributed by atoms with Gasteiger partial charge in [-0.25, -0.2) is 0 Å². The second-order valence-corrected chi connectivity index (χ2v) is 5.42. The summed E-state index contributed by atoms with van der Waals surface area (Å²) in [6.45, 7) is 10.2. The third kappa shape index (κ3) is 4.21. The molecule has 2 aliphatic rings. The van der Waals surface area contributed by atoms with E-state index in [9.17, 15) is 0 Å². The Balaban J connectivity index is 1.78. The Bertz CT molecular complexity index is 217. The van der Waals surface area contributed by atoms with E-state index < -0.39 is 0 Å². The fourth-order valence-electron chi connectivity index (χ4n) is 2.54. The Morgan fingerprint density at radius 2 is 2.24 bits per heavy atom. The van der Waals surface area contributed by atoms with Gasteiger partial charge in [-0.2, -0.15) is 0 Å². The molecule has 0 aliphatic carbocycles. The van der Waals surface area contributed by atoms with E-state index in [-0.39, 0.29) is 0 Å². The van der Waals surface area contributed by atoms with Crippen molar-refractivity contribution in [3.63, 3.8) is 0 Å². The molecule has 2 atom stereocenters. The molecule has 2 heterocycles. The minimum Gasteiger partial charge on any atom is -0.378 e. The van der Waals surface area contributed by atoms with Crippen molar-refractivity contribution >= 4 is 0 Å². The lowest BCUT2D eigenvalue weighted by molar-refractivity contribution is -0.0302. The van der Waals surface area contributed by atoms with Crippen molar-refractivity contribution in [2.75, 3.05) is 39.5 Å². The summed E-state index contributed by atoms with van der Waals surface area (Å²) >= 11 is 0. The molecule has 100 valence electrons. The number of hydrogen-bond donors (Lipinski definition) is 1. The van der Waals surface area contributed by atoms with Crippen LogP contribution in [0.2, 0.25) is 0 Å². The molecule has 0 aromatic carbocycles. The normalized spacial score (nSPS) is 31.2. The molecule has 4 nitrogen and oxygen atoms in total. The fourth-order valence-corrected chi connectivity index (χ4v) is 2.54. The quantitative estimate of drug-likeness (QED) is 0.775. The highest BCUT2D eigenvalue weighted by Gasteiger charge is 2.27. The zero-order chi connectivity index (χ0) is 12.1. The highest BCUT2D eigenvalue weighted by atomic mass is 16.5. The van der Waals surface area contributed by atoms with Gasteiger partial charge in [0.25, 0.3) is 0 Å². The summed E-state index contributed by atoms with van der Waals surface area (Å²) in [5, 5.41) is 3.51. The second-order valence-electron chi connectivity index (χ2n) is 5.42. The van der Waals surface area contributed by atoms with Gasteiger partial charge in [-0.1, -0.05) is 13.8 Å². The van der Waals surface area contributed by atoms with Gasteiger partial charge in [0, 0.05) is 38.3 Å². The minimum absolute atomic E-state index is 0.453. The molecule has 17 heavy (non-hydrogen) atoms. The van der Waals surface area contributed by atoms with Crippen molar-refractivity contribution in [1.82, 2.24) is 10.2 Å². The molecule has 4 heteroatoms. The van der Waals surface area contributed by atoms with Crippen LogP contribution in [-0.2, 0) is 9.47 Å². The maximum atomic E-state index is 5.73. The molecule has 0 bridgehead atoms. The summed E-state index contributed by atoms with van der Waals surface area (Å²) in [5.74, 6) is 0. The molecular formula is C13H26N2O2. The number of nitrogens with one attached hydrogen (secondary N) is 1. The number of hydrogen-bond acceptors (Lipinski definition) is 4. The lowest BCUT2D eigenvalue weighted by Crippen LogP contribution is -2.53. The highest BCUT2D eigenvalue weighted by molar-refractivity contribution is 4.81. The van der Waals surface area contributed by atoms with Crippen LogP contribution in [0, 0.1) is 0 Å². The standard InChI is InChI=1S/C13H26N2O2/c1-11(2)14-8-12-10-16-7-5-15(12)9-13-4-3-6-17-13/h11-14H,3-10H2,1-2H3. The van der Waals surface area contributed by atoms with Gasteiger partial charge in [0.1, 0.15) is 0 Å². The highest BCUT2D eigenvalue weighted by Crippen LogP contribution is 2.16. The summed E-state index contributed by atoms with van der Waals surface area (Å²) < 4.78 is 11.3. The molecule has 2 aliphatic heterocycles. The summed E-state index contributed by atoms with van der Waals surface area (Å²) in [5.41, 5.74) is 0. The average Bonchev–Trinajstić information content (AvgIpc) is 2.80. The van der Waals surface area contributed by atoms with Crippen molar-refractivity contribution in [1.29, 1.82) is 0 Å². The van der Waals surface area contributed by atoms with Crippen LogP contribution < -0.4 is 5.32 Å². The minimum atomic E-state index is 0.453. The first-order valence-corrected chi connectivity index (χ1v) is 6.92. The Morgan fingerprint density at radius 1 is 1.35 bits per heavy atom. The monoisotopic (exact) mass is 242 g/mol. The molecule has 0 amide bonds. The van der Waals surface area contributed by atoms with Crippen LogP contribution in [0.3, 0.4) is 0 Å². The number of nitrogens with zero attached hydrogens (tertiary/aromatic N) is 1. The van der Waals surface area contributed by atoms with Gasteiger partial charge in [0.15, 0.2) is 0 Å². The Hall–Kier alpha value is -0.160. The Labute approximate surface area is 105 Å². The van der Waals surface area contributed by atoms with Gasteiger partial charge in [-0.15, -0.1) is 0 Å². The summed E-state index contributed by atoms with van der Waals surface area (Å²) in [4.78, 5) is 2.54. The van der Waals surface area contributed by atoms with Crippen LogP contribution in [0.25, 0.3) is 0 Å². The van der Waals surface area contributed by atoms with E-state index in [1.807, 2.05) is 0 Å². The topological polar surface area (TPSA) is 33.7 Å². The first-order valence-electron chi connectivity index (χ1n) is 6.92. The van der Waals surface area contributed by atoms with Gasteiger partial charge >= 0.3 is 0 Å². The predicted molar refractivity (Wildman–Crippen MR) is 68.3 cm³/mol. The van der Waals surface area contributed by atoms with Crippen molar-refractivity contribution in [3.05, 3.63) is 0 Å². The van der Waals surface area contributed by atoms with E-state index in [2.05, 4.69) is 24.1 Å². The number of rotatable bonds is 5. The summed E-state index contributed by atoms with van der Waals surface area (Å²) in [6.07, 6.45) is 2.90. The van der Waals surface area contributed by atoms with Crippen molar-refractivity contribution < 1.29 is 9.47 Å². The summed E-state index contributed by atoms with van der Waals surface area (Å²) in [6, 6.07) is 1.05. The van der Waals surface area contributed by atoms with Crippen LogP contribution in [0.1, 0.15) is 26.7 Å². The Kier molecular flexibility index (Phi) is 5.22. The van der Waals surface area contributed by atoms with Gasteiger partial charge in [0.2, 0.25) is 0 Å². The zero-order valence-electron chi connectivity index (χ0n) is 11.2. The molecule has 2 fully saturated rings. The lowest BCUT2D eigenvalue weighted by Gasteiger charge is -2.37. The summed E-state index contributed by atoms with van der Waals surface area (Å²) in [7, 11) is 0. The molecule has 0 aromatic heterocycles. The molecule has 0 spiro atoms. The zero-order valence-corrected chi connectivity index (χ0v) is 11.2. The van der Waals surface area contributed by atoms with Gasteiger partial charge in [0.05, 0.1) is 19.3 Å². The maximum Gasteiger partial charge on any atom is 0.0703 e. The van der Waals surface area contributed by atoms with Gasteiger partial charge < -0.3 is 14.8 Å². The SMILES string of the molecule is CC(C)NCC1COCCN1CC1CCCO1. The van der Waals surface area contributed by atoms with Crippen LogP contribution in [0.5, 0.6) is 0 Å². The van der Waals surface area contributed by atoms with E-state index in [4.69, 9.17) is 9.47 Å². The first-order chi connectivity index (χ1) is 8.25. The molecule has 1 N–H and O–H groups in total.